The normalized spacial score (nSPS) is 15.4. The number of nitrogens with one attached hydrogen (secondary N) is 1. The van der Waals surface area contributed by atoms with Crippen molar-refractivity contribution in [2.75, 3.05) is 39.8 Å². The summed E-state index contributed by atoms with van der Waals surface area (Å²) in [6, 6.07) is 19.2. The molecule has 1 aliphatic heterocycles. The average Bonchev–Trinajstić information content (AvgIpc) is 3.03. The summed E-state index contributed by atoms with van der Waals surface area (Å²) >= 11 is 0. The zero-order chi connectivity index (χ0) is 17.8. The monoisotopic (exact) mass is 349 g/mol. The first-order chi connectivity index (χ1) is 12.9. The molecule has 0 saturated carbocycles. The van der Waals surface area contributed by atoms with Crippen molar-refractivity contribution in [2.24, 2.45) is 0 Å². The Morgan fingerprint density at radius 1 is 0.962 bits per heavy atom. The number of para-hydroxylation sites is 1. The molecular weight excluding hydrogens is 322 g/mol. The average molecular weight is 349 g/mol. The van der Waals surface area contributed by atoms with Crippen LogP contribution in [0.3, 0.4) is 0 Å². The number of nitrogens with zero attached hydrogens (tertiary/aromatic N) is 2. The summed E-state index contributed by atoms with van der Waals surface area (Å²) in [6.07, 6.45) is 2.22. The predicted molar refractivity (Wildman–Crippen MR) is 108 cm³/mol. The van der Waals surface area contributed by atoms with Crippen molar-refractivity contribution in [3.8, 4) is 11.3 Å². The minimum atomic E-state index is 1.06. The first kappa shape index (κ1) is 17.1. The minimum absolute atomic E-state index is 1.06. The van der Waals surface area contributed by atoms with Crippen LogP contribution in [0.5, 0.6) is 0 Å². The molecule has 0 bridgehead atoms. The Hall–Kier alpha value is -2.30. The molecule has 2 heterocycles. The van der Waals surface area contributed by atoms with E-state index in [2.05, 4.69) is 64.8 Å². The molecule has 0 radical (unpaired) electrons. The number of aryl methyl sites for hydroxylation is 1. The number of fused-ring (bicyclic) bond motifs is 1. The lowest BCUT2D eigenvalue weighted by Crippen LogP contribution is -2.43. The van der Waals surface area contributed by atoms with E-state index in [0.29, 0.717) is 0 Å². The number of hydrogen-bond donors (Lipinski definition) is 1. The maximum absolute atomic E-state index is 5.79. The SMILES string of the molecule is COn1c(-c2ccccc2)c(CCCN2CCNCC2)c2ccccc21. The highest BCUT2D eigenvalue weighted by atomic mass is 16.6. The van der Waals surface area contributed by atoms with Gasteiger partial charge in [-0.1, -0.05) is 48.5 Å². The van der Waals surface area contributed by atoms with E-state index in [0.717, 1.165) is 51.1 Å². The highest BCUT2D eigenvalue weighted by Crippen LogP contribution is 2.34. The van der Waals surface area contributed by atoms with Crippen molar-refractivity contribution in [1.29, 1.82) is 0 Å². The molecule has 2 aromatic carbocycles. The fraction of sp³-hybridized carbons (Fsp3) is 0.364. The van der Waals surface area contributed by atoms with Gasteiger partial charge in [0.1, 0.15) is 7.11 Å². The fourth-order valence-electron chi connectivity index (χ4n) is 4.02. The first-order valence-electron chi connectivity index (χ1n) is 9.54. The van der Waals surface area contributed by atoms with E-state index in [4.69, 9.17) is 4.84 Å². The number of hydrogen-bond acceptors (Lipinski definition) is 3. The Morgan fingerprint density at radius 3 is 2.46 bits per heavy atom. The lowest BCUT2D eigenvalue weighted by molar-refractivity contribution is 0.183. The van der Waals surface area contributed by atoms with Gasteiger partial charge in [-0.2, -0.15) is 4.73 Å². The molecule has 4 rings (SSSR count). The van der Waals surface area contributed by atoms with E-state index in [1.54, 1.807) is 7.11 Å². The zero-order valence-corrected chi connectivity index (χ0v) is 15.4. The summed E-state index contributed by atoms with van der Waals surface area (Å²) in [4.78, 5) is 8.35. The van der Waals surface area contributed by atoms with Gasteiger partial charge in [0.25, 0.3) is 0 Å². The quantitative estimate of drug-likeness (QED) is 0.741. The fourth-order valence-corrected chi connectivity index (χ4v) is 4.02. The van der Waals surface area contributed by atoms with Crippen molar-refractivity contribution < 1.29 is 4.84 Å². The summed E-state index contributed by atoms with van der Waals surface area (Å²) < 4.78 is 1.99. The second-order valence-corrected chi connectivity index (χ2v) is 6.88. The molecular formula is C22H27N3O. The van der Waals surface area contributed by atoms with E-state index in [9.17, 15) is 0 Å². The van der Waals surface area contributed by atoms with Crippen LogP contribution in [0.4, 0.5) is 0 Å². The number of rotatable bonds is 6. The summed E-state index contributed by atoms with van der Waals surface area (Å²) in [5.74, 6) is 0. The lowest BCUT2D eigenvalue weighted by atomic mass is 10.0. The Morgan fingerprint density at radius 2 is 1.69 bits per heavy atom. The third kappa shape index (κ3) is 3.35. The van der Waals surface area contributed by atoms with Gasteiger partial charge in [-0.05, 0) is 31.0 Å². The molecule has 0 unspecified atom stereocenters. The van der Waals surface area contributed by atoms with E-state index in [1.165, 1.54) is 22.2 Å². The Balaban J connectivity index is 1.67. The van der Waals surface area contributed by atoms with Gasteiger partial charge in [0.15, 0.2) is 0 Å². The topological polar surface area (TPSA) is 29.4 Å². The maximum Gasteiger partial charge on any atom is 0.104 e. The van der Waals surface area contributed by atoms with Gasteiger partial charge in [-0.15, -0.1) is 0 Å². The number of aromatic nitrogens is 1. The van der Waals surface area contributed by atoms with Crippen molar-refractivity contribution in [3.63, 3.8) is 0 Å². The first-order valence-corrected chi connectivity index (χ1v) is 9.54. The van der Waals surface area contributed by atoms with Gasteiger partial charge in [0.2, 0.25) is 0 Å². The molecule has 1 aromatic heterocycles. The maximum atomic E-state index is 5.79. The third-order valence-corrected chi connectivity index (χ3v) is 5.28. The predicted octanol–water partition coefficient (Wildman–Crippen LogP) is 3.20. The Labute approximate surface area is 155 Å². The molecule has 0 aliphatic carbocycles. The van der Waals surface area contributed by atoms with E-state index < -0.39 is 0 Å². The van der Waals surface area contributed by atoms with Crippen LogP contribution in [0.2, 0.25) is 0 Å². The molecule has 0 amide bonds. The van der Waals surface area contributed by atoms with Crippen LogP contribution in [-0.2, 0) is 6.42 Å². The molecule has 1 aliphatic rings. The molecule has 136 valence electrons. The summed E-state index contributed by atoms with van der Waals surface area (Å²) in [6.45, 7) is 5.69. The standard InChI is InChI=1S/C22H27N3O/c1-26-25-21-12-6-5-10-19(21)20(22(25)18-8-3-2-4-9-18)11-7-15-24-16-13-23-14-17-24/h2-6,8-10,12,23H,7,11,13-17H2,1H3. The van der Waals surface area contributed by atoms with Crippen LogP contribution in [0.25, 0.3) is 22.2 Å². The summed E-state index contributed by atoms with van der Waals surface area (Å²) in [5, 5.41) is 4.73. The molecule has 4 heteroatoms. The van der Waals surface area contributed by atoms with Crippen LogP contribution in [0.15, 0.2) is 54.6 Å². The molecule has 0 spiro atoms. The van der Waals surface area contributed by atoms with Gasteiger partial charge in [-0.25, -0.2) is 0 Å². The number of piperazine rings is 1. The smallest absolute Gasteiger partial charge is 0.104 e. The summed E-state index contributed by atoms with van der Waals surface area (Å²) in [7, 11) is 1.75. The van der Waals surface area contributed by atoms with Gasteiger partial charge < -0.3 is 15.1 Å². The van der Waals surface area contributed by atoms with Gasteiger partial charge in [-0.3, -0.25) is 0 Å². The second kappa shape index (κ2) is 7.94. The van der Waals surface area contributed by atoms with Gasteiger partial charge in [0, 0.05) is 37.1 Å². The molecule has 0 atom stereocenters. The largest absolute Gasteiger partial charge is 0.416 e. The van der Waals surface area contributed by atoms with Crippen molar-refractivity contribution in [3.05, 3.63) is 60.2 Å². The van der Waals surface area contributed by atoms with Crippen LogP contribution in [-0.4, -0.2) is 49.5 Å². The van der Waals surface area contributed by atoms with Crippen molar-refractivity contribution in [1.82, 2.24) is 14.9 Å². The Bertz CT molecular complexity index is 850. The molecule has 1 N–H and O–H groups in total. The van der Waals surface area contributed by atoms with Gasteiger partial charge >= 0.3 is 0 Å². The van der Waals surface area contributed by atoms with Gasteiger partial charge in [0.05, 0.1) is 11.2 Å². The van der Waals surface area contributed by atoms with Crippen LogP contribution < -0.4 is 10.2 Å². The third-order valence-electron chi connectivity index (χ3n) is 5.28. The van der Waals surface area contributed by atoms with Crippen molar-refractivity contribution in [2.45, 2.75) is 12.8 Å². The highest BCUT2D eigenvalue weighted by molar-refractivity contribution is 5.91. The van der Waals surface area contributed by atoms with Crippen LogP contribution >= 0.6 is 0 Å². The van der Waals surface area contributed by atoms with E-state index in [1.807, 2.05) is 4.73 Å². The molecule has 3 aromatic rings. The molecule has 26 heavy (non-hydrogen) atoms. The minimum Gasteiger partial charge on any atom is -0.416 e. The van der Waals surface area contributed by atoms with Crippen molar-refractivity contribution >= 4 is 10.9 Å². The highest BCUT2D eigenvalue weighted by Gasteiger charge is 2.19. The lowest BCUT2D eigenvalue weighted by Gasteiger charge is -2.27. The van der Waals surface area contributed by atoms with E-state index in [-0.39, 0.29) is 0 Å². The molecule has 1 fully saturated rings. The van der Waals surface area contributed by atoms with E-state index >= 15 is 0 Å². The zero-order valence-electron chi connectivity index (χ0n) is 15.4. The van der Waals surface area contributed by atoms with Crippen LogP contribution in [0, 0.1) is 0 Å². The second-order valence-electron chi connectivity index (χ2n) is 6.88. The summed E-state index contributed by atoms with van der Waals surface area (Å²) in [5.41, 5.74) is 4.94. The Kier molecular flexibility index (Phi) is 5.23. The van der Waals surface area contributed by atoms with Crippen LogP contribution in [0.1, 0.15) is 12.0 Å². The molecule has 4 nitrogen and oxygen atoms in total. The number of benzene rings is 2. The molecule has 1 saturated heterocycles.